The summed E-state index contributed by atoms with van der Waals surface area (Å²) in [5, 5.41) is 9.77. The fourth-order valence-corrected chi connectivity index (χ4v) is 3.50. The third-order valence-electron chi connectivity index (χ3n) is 4.77. The first kappa shape index (κ1) is 17.5. The highest BCUT2D eigenvalue weighted by atomic mass is 16.5. The molecule has 2 N–H and O–H groups in total. The molecule has 1 aromatic carbocycles. The van der Waals surface area contributed by atoms with Crippen LogP contribution in [0.3, 0.4) is 0 Å². The molecule has 3 aromatic rings. The van der Waals surface area contributed by atoms with Crippen LogP contribution >= 0.6 is 0 Å². The maximum absolute atomic E-state index is 9.77. The summed E-state index contributed by atoms with van der Waals surface area (Å²) in [5.41, 5.74) is 8.56. The van der Waals surface area contributed by atoms with Crippen molar-refractivity contribution in [1.82, 2.24) is 9.38 Å². The van der Waals surface area contributed by atoms with Gasteiger partial charge in [-0.05, 0) is 23.8 Å². The molecule has 1 aliphatic heterocycles. The van der Waals surface area contributed by atoms with E-state index in [9.17, 15) is 5.26 Å². The number of methoxy groups -OCH3 is 3. The molecule has 0 amide bonds. The normalized spacial score (nSPS) is 15.6. The van der Waals surface area contributed by atoms with E-state index in [4.69, 9.17) is 24.7 Å². The van der Waals surface area contributed by atoms with Crippen LogP contribution in [0.15, 0.2) is 48.2 Å². The lowest BCUT2D eigenvalue weighted by atomic mass is 9.83. The van der Waals surface area contributed by atoms with Crippen LogP contribution in [0.1, 0.15) is 17.0 Å². The Balaban J connectivity index is 2.00. The summed E-state index contributed by atoms with van der Waals surface area (Å²) >= 11 is 0. The van der Waals surface area contributed by atoms with Crippen molar-refractivity contribution in [3.63, 3.8) is 0 Å². The second-order valence-electron chi connectivity index (χ2n) is 6.14. The molecule has 0 fully saturated rings. The molecule has 4 rings (SSSR count). The van der Waals surface area contributed by atoms with Crippen LogP contribution in [-0.4, -0.2) is 30.7 Å². The van der Waals surface area contributed by atoms with E-state index in [1.165, 1.54) is 7.11 Å². The number of hydrogen-bond donors (Lipinski definition) is 1. The zero-order chi connectivity index (χ0) is 19.8. The number of nitriles is 1. The largest absolute Gasteiger partial charge is 0.493 e. The van der Waals surface area contributed by atoms with E-state index in [-0.39, 0.29) is 5.88 Å². The second kappa shape index (κ2) is 6.70. The third-order valence-corrected chi connectivity index (χ3v) is 4.77. The third kappa shape index (κ3) is 2.48. The number of aromatic nitrogens is 2. The summed E-state index contributed by atoms with van der Waals surface area (Å²) in [6, 6.07) is 7.68. The first-order chi connectivity index (χ1) is 13.6. The van der Waals surface area contributed by atoms with Crippen LogP contribution in [0.25, 0.3) is 5.65 Å². The highest BCUT2D eigenvalue weighted by molar-refractivity contribution is 5.67. The monoisotopic (exact) mass is 378 g/mol. The van der Waals surface area contributed by atoms with Gasteiger partial charge >= 0.3 is 0 Å². The van der Waals surface area contributed by atoms with Gasteiger partial charge in [0.25, 0.3) is 0 Å². The van der Waals surface area contributed by atoms with Gasteiger partial charge in [0.1, 0.15) is 11.6 Å². The van der Waals surface area contributed by atoms with Crippen molar-refractivity contribution in [2.24, 2.45) is 5.73 Å². The van der Waals surface area contributed by atoms with E-state index in [0.717, 1.165) is 11.1 Å². The molecule has 0 saturated heterocycles. The molecule has 1 unspecified atom stereocenters. The maximum Gasteiger partial charge on any atom is 0.205 e. The number of fused-ring (bicyclic) bond motifs is 3. The van der Waals surface area contributed by atoms with Crippen LogP contribution in [-0.2, 0) is 0 Å². The fraction of sp³-hybridized carbons (Fsp3) is 0.200. The molecule has 0 bridgehead atoms. The van der Waals surface area contributed by atoms with Crippen molar-refractivity contribution >= 4 is 5.65 Å². The Morgan fingerprint density at radius 3 is 2.46 bits per heavy atom. The summed E-state index contributed by atoms with van der Waals surface area (Å²) in [6.45, 7) is 0. The molecule has 0 radical (unpaired) electrons. The zero-order valence-corrected chi connectivity index (χ0v) is 15.6. The standard InChI is InChI=1S/C20H18N4O4/c1-25-14-8-11(9-15(26-2)18(14)27-3)16-12-4-6-24-7-5-23-20(24)17(12)28-19(22)13(16)10-21/h4-9,16H,22H2,1-3H3. The van der Waals surface area contributed by atoms with Gasteiger partial charge in [-0.25, -0.2) is 4.98 Å². The van der Waals surface area contributed by atoms with Gasteiger partial charge in [0, 0.05) is 24.2 Å². The predicted molar refractivity (Wildman–Crippen MR) is 101 cm³/mol. The van der Waals surface area contributed by atoms with E-state index >= 15 is 0 Å². The Bertz CT molecular complexity index is 1120. The Hall–Kier alpha value is -3.86. The average Bonchev–Trinajstić information content (AvgIpc) is 3.21. The summed E-state index contributed by atoms with van der Waals surface area (Å²) in [4.78, 5) is 4.35. The molecular weight excluding hydrogens is 360 g/mol. The lowest BCUT2D eigenvalue weighted by Crippen LogP contribution is -2.21. The highest BCUT2D eigenvalue weighted by Crippen LogP contribution is 2.47. The molecule has 0 aliphatic carbocycles. The van der Waals surface area contributed by atoms with Gasteiger partial charge in [-0.15, -0.1) is 0 Å². The van der Waals surface area contributed by atoms with Crippen LogP contribution in [0.4, 0.5) is 0 Å². The molecule has 3 heterocycles. The van der Waals surface area contributed by atoms with Crippen molar-refractivity contribution in [2.75, 3.05) is 21.3 Å². The number of nitrogens with zero attached hydrogens (tertiary/aromatic N) is 3. The number of nitrogens with two attached hydrogens (primary N) is 1. The summed E-state index contributed by atoms with van der Waals surface area (Å²) < 4.78 is 23.9. The predicted octanol–water partition coefficient (Wildman–Crippen LogP) is 2.58. The Labute approximate surface area is 161 Å². The molecule has 142 valence electrons. The topological polar surface area (TPSA) is 104 Å². The summed E-state index contributed by atoms with van der Waals surface area (Å²) in [5.74, 6) is 1.54. The number of ether oxygens (including phenoxy) is 4. The molecule has 28 heavy (non-hydrogen) atoms. The van der Waals surface area contributed by atoms with E-state index in [1.807, 2.05) is 35.0 Å². The molecule has 1 aliphatic rings. The number of pyridine rings is 1. The van der Waals surface area contributed by atoms with Gasteiger partial charge < -0.3 is 29.1 Å². The van der Waals surface area contributed by atoms with E-state index < -0.39 is 5.92 Å². The van der Waals surface area contributed by atoms with E-state index in [2.05, 4.69) is 11.1 Å². The fourth-order valence-electron chi connectivity index (χ4n) is 3.50. The summed E-state index contributed by atoms with van der Waals surface area (Å²) in [7, 11) is 4.63. The molecule has 2 aromatic heterocycles. The lowest BCUT2D eigenvalue weighted by Gasteiger charge is -2.27. The van der Waals surface area contributed by atoms with Crippen molar-refractivity contribution in [2.45, 2.75) is 5.92 Å². The molecular formula is C20H18N4O4. The second-order valence-corrected chi connectivity index (χ2v) is 6.14. The quantitative estimate of drug-likeness (QED) is 0.744. The highest BCUT2D eigenvalue weighted by Gasteiger charge is 2.33. The van der Waals surface area contributed by atoms with Crippen molar-refractivity contribution in [1.29, 1.82) is 5.26 Å². The van der Waals surface area contributed by atoms with Crippen LogP contribution < -0.4 is 24.7 Å². The number of benzene rings is 1. The first-order valence-corrected chi connectivity index (χ1v) is 8.46. The van der Waals surface area contributed by atoms with Gasteiger partial charge in [-0.3, -0.25) is 0 Å². The zero-order valence-electron chi connectivity index (χ0n) is 15.6. The van der Waals surface area contributed by atoms with Crippen molar-refractivity contribution in [3.05, 3.63) is 59.4 Å². The molecule has 8 nitrogen and oxygen atoms in total. The van der Waals surface area contributed by atoms with Gasteiger partial charge in [0.2, 0.25) is 11.6 Å². The Morgan fingerprint density at radius 2 is 1.86 bits per heavy atom. The molecule has 0 saturated carbocycles. The minimum Gasteiger partial charge on any atom is -0.493 e. The average molecular weight is 378 g/mol. The van der Waals surface area contributed by atoms with Gasteiger partial charge in [0.15, 0.2) is 22.9 Å². The molecule has 1 atom stereocenters. The number of hydrogen-bond acceptors (Lipinski definition) is 7. The Morgan fingerprint density at radius 1 is 1.14 bits per heavy atom. The van der Waals surface area contributed by atoms with Crippen LogP contribution in [0.2, 0.25) is 0 Å². The number of imidazole rings is 1. The Kier molecular flexibility index (Phi) is 4.20. The van der Waals surface area contributed by atoms with Crippen LogP contribution in [0, 0.1) is 11.3 Å². The van der Waals surface area contributed by atoms with Crippen LogP contribution in [0.5, 0.6) is 23.0 Å². The maximum atomic E-state index is 9.77. The summed E-state index contributed by atoms with van der Waals surface area (Å²) in [6.07, 6.45) is 5.35. The minimum atomic E-state index is -0.468. The lowest BCUT2D eigenvalue weighted by molar-refractivity contribution is 0.323. The molecule has 0 spiro atoms. The SMILES string of the molecule is COc1cc(C2C(C#N)=C(N)Oc3c2ccn2ccnc32)cc(OC)c1OC. The van der Waals surface area contributed by atoms with Crippen molar-refractivity contribution in [3.8, 4) is 29.1 Å². The van der Waals surface area contributed by atoms with E-state index in [0.29, 0.717) is 34.2 Å². The smallest absolute Gasteiger partial charge is 0.205 e. The van der Waals surface area contributed by atoms with Gasteiger partial charge in [0.05, 0.1) is 27.2 Å². The number of allylic oxidation sites excluding steroid dienone is 1. The first-order valence-electron chi connectivity index (χ1n) is 8.46. The minimum absolute atomic E-state index is 0.0462. The van der Waals surface area contributed by atoms with Crippen molar-refractivity contribution < 1.29 is 18.9 Å². The molecule has 8 heteroatoms. The van der Waals surface area contributed by atoms with Gasteiger partial charge in [-0.2, -0.15) is 5.26 Å². The van der Waals surface area contributed by atoms with E-state index in [1.54, 1.807) is 20.4 Å². The van der Waals surface area contributed by atoms with Gasteiger partial charge in [-0.1, -0.05) is 0 Å². The number of rotatable bonds is 4.